The van der Waals surface area contributed by atoms with E-state index in [4.69, 9.17) is 9.15 Å². The lowest BCUT2D eigenvalue weighted by Gasteiger charge is -2.20. The summed E-state index contributed by atoms with van der Waals surface area (Å²) in [5.41, 5.74) is 2.67. The van der Waals surface area contributed by atoms with Crippen LogP contribution in [0.2, 0.25) is 0 Å². The van der Waals surface area contributed by atoms with Gasteiger partial charge in [-0.3, -0.25) is 9.89 Å². The van der Waals surface area contributed by atoms with E-state index < -0.39 is 0 Å². The van der Waals surface area contributed by atoms with Gasteiger partial charge in [0.1, 0.15) is 5.52 Å². The second-order valence-electron chi connectivity index (χ2n) is 5.93. The number of hydrogen-bond acceptors (Lipinski definition) is 5. The predicted octanol–water partition coefficient (Wildman–Crippen LogP) is 3.01. The smallest absolute Gasteiger partial charge is 0.259 e. The van der Waals surface area contributed by atoms with E-state index in [1.807, 2.05) is 6.07 Å². The molecule has 0 aliphatic carbocycles. The number of hydrogen-bond donors (Lipinski definition) is 2. The first kappa shape index (κ1) is 14.9. The van der Waals surface area contributed by atoms with E-state index in [0.717, 1.165) is 31.7 Å². The van der Waals surface area contributed by atoms with Crippen LogP contribution in [0.4, 0.5) is 5.82 Å². The number of aromatic nitrogens is 3. The first-order valence-electron chi connectivity index (χ1n) is 8.01. The molecule has 124 valence electrons. The molecule has 2 N–H and O–H groups in total. The van der Waals surface area contributed by atoms with Crippen LogP contribution in [-0.4, -0.2) is 34.3 Å². The molecule has 0 bridgehead atoms. The predicted molar refractivity (Wildman–Crippen MR) is 88.1 cm³/mol. The zero-order chi connectivity index (χ0) is 16.5. The fourth-order valence-corrected chi connectivity index (χ4v) is 3.04. The number of carbonyl (C=O) groups is 1. The molecule has 0 spiro atoms. The molecule has 0 radical (unpaired) electrons. The minimum absolute atomic E-state index is 0.251. The summed E-state index contributed by atoms with van der Waals surface area (Å²) in [7, 11) is 0. The maximum Gasteiger partial charge on any atom is 0.259 e. The Morgan fingerprint density at radius 1 is 1.33 bits per heavy atom. The number of amides is 1. The quantitative estimate of drug-likeness (QED) is 0.772. The number of benzene rings is 1. The Morgan fingerprint density at radius 3 is 3.00 bits per heavy atom. The summed E-state index contributed by atoms with van der Waals surface area (Å²) in [5, 5.41) is 10.0. The molecule has 1 aromatic carbocycles. The standard InChI is InChI=1S/C17H18N4O3/c1-10-18-16-12(3-2-4-14(16)24-10)17(22)19-15-9-13(20-21-15)11-5-7-23-8-6-11/h2-4,9,11H,5-8H2,1H3,(H2,19,20,21,22). The number of H-pyrrole nitrogens is 1. The normalized spacial score (nSPS) is 15.7. The van der Waals surface area contributed by atoms with E-state index in [9.17, 15) is 4.79 Å². The van der Waals surface area contributed by atoms with Crippen LogP contribution in [-0.2, 0) is 4.74 Å². The van der Waals surface area contributed by atoms with Crippen molar-refractivity contribution in [2.45, 2.75) is 25.7 Å². The summed E-state index contributed by atoms with van der Waals surface area (Å²) in [6, 6.07) is 7.19. The molecule has 3 heterocycles. The summed E-state index contributed by atoms with van der Waals surface area (Å²) in [4.78, 5) is 16.8. The van der Waals surface area contributed by atoms with Crippen molar-refractivity contribution in [3.05, 3.63) is 41.4 Å². The molecule has 3 aromatic rings. The molecule has 1 aliphatic rings. The minimum atomic E-state index is -0.251. The lowest BCUT2D eigenvalue weighted by atomic mass is 9.97. The number of rotatable bonds is 3. The van der Waals surface area contributed by atoms with E-state index in [1.54, 1.807) is 25.1 Å². The van der Waals surface area contributed by atoms with Crippen molar-refractivity contribution in [3.63, 3.8) is 0 Å². The molecule has 1 aliphatic heterocycles. The van der Waals surface area contributed by atoms with Gasteiger partial charge in [0, 0.05) is 37.8 Å². The Kier molecular flexibility index (Phi) is 3.78. The Hall–Kier alpha value is -2.67. The third-order valence-electron chi connectivity index (χ3n) is 4.27. The van der Waals surface area contributed by atoms with Crippen LogP contribution in [0.3, 0.4) is 0 Å². The topological polar surface area (TPSA) is 93.0 Å². The Balaban J connectivity index is 1.54. The van der Waals surface area contributed by atoms with Gasteiger partial charge < -0.3 is 14.5 Å². The maximum absolute atomic E-state index is 12.6. The lowest BCUT2D eigenvalue weighted by molar-refractivity contribution is 0.0845. The van der Waals surface area contributed by atoms with E-state index >= 15 is 0 Å². The first-order valence-corrected chi connectivity index (χ1v) is 8.01. The van der Waals surface area contributed by atoms with Crippen LogP contribution in [0.25, 0.3) is 11.1 Å². The number of nitrogens with one attached hydrogen (secondary N) is 2. The summed E-state index contributed by atoms with van der Waals surface area (Å²) >= 11 is 0. The number of para-hydroxylation sites is 1. The highest BCUT2D eigenvalue weighted by molar-refractivity contribution is 6.10. The maximum atomic E-state index is 12.6. The molecule has 1 saturated heterocycles. The van der Waals surface area contributed by atoms with E-state index in [1.165, 1.54) is 0 Å². The van der Waals surface area contributed by atoms with Gasteiger partial charge in [-0.05, 0) is 25.0 Å². The van der Waals surface area contributed by atoms with Gasteiger partial charge in [-0.1, -0.05) is 6.07 Å². The monoisotopic (exact) mass is 326 g/mol. The van der Waals surface area contributed by atoms with Crippen molar-refractivity contribution < 1.29 is 13.9 Å². The average molecular weight is 326 g/mol. The summed E-state index contributed by atoms with van der Waals surface area (Å²) in [5.74, 6) is 1.20. The lowest BCUT2D eigenvalue weighted by Crippen LogP contribution is -2.14. The number of ether oxygens (including phenoxy) is 1. The zero-order valence-corrected chi connectivity index (χ0v) is 13.3. The Bertz CT molecular complexity index is 877. The van der Waals surface area contributed by atoms with Gasteiger partial charge in [0.05, 0.1) is 5.56 Å². The van der Waals surface area contributed by atoms with Crippen molar-refractivity contribution >= 4 is 22.8 Å². The highest BCUT2D eigenvalue weighted by atomic mass is 16.5. The zero-order valence-electron chi connectivity index (χ0n) is 13.3. The van der Waals surface area contributed by atoms with Crippen molar-refractivity contribution in [1.29, 1.82) is 0 Å². The summed E-state index contributed by atoms with van der Waals surface area (Å²) in [6.45, 7) is 3.29. The molecular weight excluding hydrogens is 308 g/mol. The van der Waals surface area contributed by atoms with E-state index in [-0.39, 0.29) is 5.91 Å². The van der Waals surface area contributed by atoms with Crippen LogP contribution >= 0.6 is 0 Å². The second kappa shape index (κ2) is 6.09. The van der Waals surface area contributed by atoms with Gasteiger partial charge in [-0.2, -0.15) is 5.10 Å². The average Bonchev–Trinajstić information content (AvgIpc) is 3.20. The SMILES string of the molecule is Cc1nc2c(C(=O)Nc3cc(C4CCOCC4)[nH]n3)cccc2o1. The molecule has 2 aromatic heterocycles. The van der Waals surface area contributed by atoms with Gasteiger partial charge in [0.25, 0.3) is 5.91 Å². The Labute approximate surface area is 138 Å². The molecule has 24 heavy (non-hydrogen) atoms. The molecule has 1 fully saturated rings. The number of aryl methyl sites for hydroxylation is 1. The molecule has 0 saturated carbocycles. The summed E-state index contributed by atoms with van der Waals surface area (Å²) in [6.07, 6.45) is 1.93. The van der Waals surface area contributed by atoms with Crippen LogP contribution in [0, 0.1) is 6.92 Å². The highest BCUT2D eigenvalue weighted by Crippen LogP contribution is 2.27. The number of carbonyl (C=O) groups excluding carboxylic acids is 1. The van der Waals surface area contributed by atoms with Crippen LogP contribution in [0.1, 0.15) is 40.7 Å². The van der Waals surface area contributed by atoms with Crippen LogP contribution in [0.15, 0.2) is 28.7 Å². The molecule has 0 atom stereocenters. The van der Waals surface area contributed by atoms with Crippen molar-refractivity contribution in [1.82, 2.24) is 15.2 Å². The summed E-state index contributed by atoms with van der Waals surface area (Å²) < 4.78 is 10.8. The molecular formula is C17H18N4O3. The fourth-order valence-electron chi connectivity index (χ4n) is 3.04. The van der Waals surface area contributed by atoms with Gasteiger partial charge in [0.15, 0.2) is 17.3 Å². The third-order valence-corrected chi connectivity index (χ3v) is 4.27. The van der Waals surface area contributed by atoms with Gasteiger partial charge in [-0.25, -0.2) is 4.98 Å². The number of fused-ring (bicyclic) bond motifs is 1. The Morgan fingerprint density at radius 2 is 2.17 bits per heavy atom. The number of nitrogens with zero attached hydrogens (tertiary/aromatic N) is 2. The van der Waals surface area contributed by atoms with Gasteiger partial charge in [0.2, 0.25) is 0 Å². The number of oxazole rings is 1. The van der Waals surface area contributed by atoms with Gasteiger partial charge >= 0.3 is 0 Å². The second-order valence-corrected chi connectivity index (χ2v) is 5.93. The first-order chi connectivity index (χ1) is 11.7. The fraction of sp³-hybridized carbons (Fsp3) is 0.353. The third kappa shape index (κ3) is 2.78. The van der Waals surface area contributed by atoms with E-state index in [2.05, 4.69) is 20.5 Å². The van der Waals surface area contributed by atoms with Gasteiger partial charge in [-0.15, -0.1) is 0 Å². The minimum Gasteiger partial charge on any atom is -0.441 e. The van der Waals surface area contributed by atoms with Crippen molar-refractivity contribution in [3.8, 4) is 0 Å². The molecule has 0 unspecified atom stereocenters. The van der Waals surface area contributed by atoms with Crippen molar-refractivity contribution in [2.24, 2.45) is 0 Å². The van der Waals surface area contributed by atoms with Crippen LogP contribution < -0.4 is 5.32 Å². The molecule has 4 rings (SSSR count). The number of anilines is 1. The highest BCUT2D eigenvalue weighted by Gasteiger charge is 2.20. The molecule has 7 heteroatoms. The molecule has 7 nitrogen and oxygen atoms in total. The number of aromatic amines is 1. The van der Waals surface area contributed by atoms with E-state index in [0.29, 0.717) is 34.3 Å². The largest absolute Gasteiger partial charge is 0.441 e. The van der Waals surface area contributed by atoms with Crippen LogP contribution in [0.5, 0.6) is 0 Å². The van der Waals surface area contributed by atoms with Crippen molar-refractivity contribution in [2.75, 3.05) is 18.5 Å². The molecule has 1 amide bonds.